The predicted octanol–water partition coefficient (Wildman–Crippen LogP) is 5.52. The number of carbonyl (C=O) groups excluding carboxylic acids is 1. The summed E-state index contributed by atoms with van der Waals surface area (Å²) >= 11 is 0. The van der Waals surface area contributed by atoms with Crippen LogP contribution in [0, 0.1) is 20.8 Å². The lowest BCUT2D eigenvalue weighted by atomic mass is 9.94. The highest BCUT2D eigenvalue weighted by Crippen LogP contribution is 2.49. The SMILES string of the molecule is Cc1ccc2c(C3(NC(=O)c4cc(N5CC6CCC(C5)N6C)ccc4C)CC3)cc(-c3coc(C)n3)cc2n1. The molecule has 1 saturated carbocycles. The third-order valence-electron chi connectivity index (χ3n) is 9.16. The lowest BCUT2D eigenvalue weighted by Gasteiger charge is -2.40. The number of carbonyl (C=O) groups is 1. The van der Waals surface area contributed by atoms with Gasteiger partial charge in [0.2, 0.25) is 0 Å². The van der Waals surface area contributed by atoms with Crippen molar-refractivity contribution in [3.63, 3.8) is 0 Å². The Morgan fingerprint density at radius 3 is 2.46 bits per heavy atom. The van der Waals surface area contributed by atoms with Crippen LogP contribution in [0.1, 0.15) is 58.8 Å². The van der Waals surface area contributed by atoms with Gasteiger partial charge in [-0.15, -0.1) is 0 Å². The van der Waals surface area contributed by atoms with Gasteiger partial charge < -0.3 is 14.6 Å². The Labute approximate surface area is 229 Å². The number of amides is 1. The minimum atomic E-state index is -0.420. The molecule has 4 aromatic rings. The quantitative estimate of drug-likeness (QED) is 0.373. The fraction of sp³-hybridized carbons (Fsp3) is 0.406. The van der Waals surface area contributed by atoms with Crippen molar-refractivity contribution in [3.05, 3.63) is 77.0 Å². The van der Waals surface area contributed by atoms with E-state index in [4.69, 9.17) is 9.40 Å². The van der Waals surface area contributed by atoms with E-state index in [0.29, 0.717) is 18.0 Å². The van der Waals surface area contributed by atoms with Crippen LogP contribution in [-0.4, -0.2) is 53.0 Å². The molecule has 0 radical (unpaired) electrons. The molecular weight excluding hydrogens is 486 g/mol. The smallest absolute Gasteiger partial charge is 0.252 e. The molecule has 2 bridgehead atoms. The van der Waals surface area contributed by atoms with E-state index in [9.17, 15) is 4.79 Å². The van der Waals surface area contributed by atoms with Gasteiger partial charge in [0.1, 0.15) is 12.0 Å². The van der Waals surface area contributed by atoms with Crippen LogP contribution in [0.4, 0.5) is 5.69 Å². The zero-order chi connectivity index (χ0) is 26.9. The van der Waals surface area contributed by atoms with E-state index < -0.39 is 5.54 Å². The van der Waals surface area contributed by atoms with Gasteiger partial charge in [0.25, 0.3) is 5.91 Å². The lowest BCUT2D eigenvalue weighted by molar-refractivity contribution is 0.0930. The Morgan fingerprint density at radius 2 is 1.77 bits per heavy atom. The van der Waals surface area contributed by atoms with Crippen LogP contribution in [-0.2, 0) is 5.54 Å². The molecule has 2 atom stereocenters. The van der Waals surface area contributed by atoms with Crippen molar-refractivity contribution in [2.24, 2.45) is 0 Å². The molecule has 39 heavy (non-hydrogen) atoms. The lowest BCUT2D eigenvalue weighted by Crippen LogP contribution is -2.52. The van der Waals surface area contributed by atoms with Crippen molar-refractivity contribution >= 4 is 22.5 Å². The van der Waals surface area contributed by atoms with Crippen molar-refractivity contribution < 1.29 is 9.21 Å². The number of oxazole rings is 1. The van der Waals surface area contributed by atoms with Crippen LogP contribution < -0.4 is 10.2 Å². The van der Waals surface area contributed by atoms with E-state index >= 15 is 0 Å². The Balaban J connectivity index is 1.22. The number of hydrogen-bond acceptors (Lipinski definition) is 6. The molecule has 2 aromatic heterocycles. The predicted molar refractivity (Wildman–Crippen MR) is 153 cm³/mol. The summed E-state index contributed by atoms with van der Waals surface area (Å²) < 4.78 is 5.51. The zero-order valence-corrected chi connectivity index (χ0v) is 23.1. The van der Waals surface area contributed by atoms with Crippen LogP contribution in [0.2, 0.25) is 0 Å². The summed E-state index contributed by atoms with van der Waals surface area (Å²) in [6.07, 6.45) is 5.99. The second-order valence-corrected chi connectivity index (χ2v) is 11.8. The van der Waals surface area contributed by atoms with Gasteiger partial charge in [-0.1, -0.05) is 12.1 Å². The fourth-order valence-electron chi connectivity index (χ4n) is 6.62. The number of aryl methyl sites for hydroxylation is 3. The van der Waals surface area contributed by atoms with Gasteiger partial charge in [0.05, 0.1) is 11.1 Å². The Kier molecular flexibility index (Phi) is 5.56. The van der Waals surface area contributed by atoms with Gasteiger partial charge >= 0.3 is 0 Å². The molecule has 2 aliphatic heterocycles. The molecule has 1 N–H and O–H groups in total. The van der Waals surface area contributed by atoms with Crippen LogP contribution in [0.15, 0.2) is 53.1 Å². The second kappa shape index (κ2) is 8.91. The van der Waals surface area contributed by atoms with E-state index in [-0.39, 0.29) is 5.91 Å². The molecular formula is C32H35N5O2. The molecule has 2 aromatic carbocycles. The highest BCUT2D eigenvalue weighted by molar-refractivity contribution is 5.98. The number of hydrogen-bond donors (Lipinski definition) is 1. The molecule has 2 unspecified atom stereocenters. The first-order valence-electron chi connectivity index (χ1n) is 14.0. The Bertz CT molecular complexity index is 1590. The summed E-state index contributed by atoms with van der Waals surface area (Å²) in [5.41, 5.74) is 7.18. The fourth-order valence-corrected chi connectivity index (χ4v) is 6.62. The molecule has 3 aliphatic rings. The zero-order valence-electron chi connectivity index (χ0n) is 23.1. The van der Waals surface area contributed by atoms with Crippen molar-refractivity contribution in [1.29, 1.82) is 0 Å². The van der Waals surface area contributed by atoms with E-state index in [1.165, 1.54) is 12.8 Å². The average Bonchev–Trinajstić information content (AvgIpc) is 3.52. The van der Waals surface area contributed by atoms with Crippen LogP contribution in [0.25, 0.3) is 22.2 Å². The number of fused-ring (bicyclic) bond motifs is 3. The second-order valence-electron chi connectivity index (χ2n) is 11.8. The number of anilines is 1. The molecule has 1 aliphatic carbocycles. The Morgan fingerprint density at radius 1 is 1.00 bits per heavy atom. The number of nitrogens with one attached hydrogen (secondary N) is 1. The normalized spacial score (nSPS) is 21.9. The van der Waals surface area contributed by atoms with Gasteiger partial charge in [0, 0.05) is 60.0 Å². The minimum absolute atomic E-state index is 0.0140. The third kappa shape index (κ3) is 4.20. The molecule has 4 heterocycles. The molecule has 2 saturated heterocycles. The summed E-state index contributed by atoms with van der Waals surface area (Å²) in [5.74, 6) is 0.613. The number of nitrogens with zero attached hydrogens (tertiary/aromatic N) is 4. The largest absolute Gasteiger partial charge is 0.449 e. The van der Waals surface area contributed by atoms with Gasteiger partial charge in [-0.05, 0) is 88.0 Å². The maximum absolute atomic E-state index is 13.9. The van der Waals surface area contributed by atoms with Crippen molar-refractivity contribution in [1.82, 2.24) is 20.2 Å². The maximum atomic E-state index is 13.9. The van der Waals surface area contributed by atoms with E-state index in [1.807, 2.05) is 26.8 Å². The number of likely N-dealkylation sites (N-methyl/N-ethyl adjacent to an activating group) is 1. The van der Waals surface area contributed by atoms with E-state index in [2.05, 4.69) is 63.5 Å². The molecule has 7 heteroatoms. The molecule has 3 fully saturated rings. The molecule has 0 spiro atoms. The highest BCUT2D eigenvalue weighted by atomic mass is 16.3. The molecule has 200 valence electrons. The number of piperazine rings is 1. The summed E-state index contributed by atoms with van der Waals surface area (Å²) in [7, 11) is 2.25. The Hall–Kier alpha value is -3.71. The first-order valence-corrected chi connectivity index (χ1v) is 14.0. The van der Waals surface area contributed by atoms with Crippen molar-refractivity contribution in [2.45, 2.75) is 64.1 Å². The number of benzene rings is 2. The highest BCUT2D eigenvalue weighted by Gasteiger charge is 2.47. The summed E-state index contributed by atoms with van der Waals surface area (Å²) in [6.45, 7) is 7.92. The van der Waals surface area contributed by atoms with Crippen molar-refractivity contribution in [3.8, 4) is 11.3 Å². The monoisotopic (exact) mass is 521 g/mol. The molecule has 1 amide bonds. The van der Waals surface area contributed by atoms with Crippen molar-refractivity contribution in [2.75, 3.05) is 25.0 Å². The van der Waals surface area contributed by atoms with Gasteiger partial charge in [-0.2, -0.15) is 0 Å². The first-order chi connectivity index (χ1) is 18.8. The molecule has 7 rings (SSSR count). The number of rotatable bonds is 5. The summed E-state index contributed by atoms with van der Waals surface area (Å²) in [6, 6.07) is 16.0. The minimum Gasteiger partial charge on any atom is -0.449 e. The third-order valence-corrected chi connectivity index (χ3v) is 9.16. The van der Waals surface area contributed by atoms with Crippen LogP contribution in [0.5, 0.6) is 0 Å². The number of aromatic nitrogens is 2. The van der Waals surface area contributed by atoms with Crippen LogP contribution in [0.3, 0.4) is 0 Å². The summed E-state index contributed by atoms with van der Waals surface area (Å²) in [5, 5.41) is 4.53. The number of pyridine rings is 1. The van der Waals surface area contributed by atoms with Gasteiger partial charge in [0.15, 0.2) is 5.89 Å². The topological polar surface area (TPSA) is 74.5 Å². The van der Waals surface area contributed by atoms with E-state index in [1.54, 1.807) is 6.26 Å². The van der Waals surface area contributed by atoms with Crippen LogP contribution >= 0.6 is 0 Å². The standard InChI is InChI=1S/C32H35N5O2/c1-19-5-7-23(37-16-24-8-9-25(17-37)36(24)4)15-27(19)31(38)35-32(11-12-32)28-13-22(30-18-39-21(3)34-30)14-29-26(28)10-6-20(2)33-29/h5-7,10,13-15,18,24-25H,8-9,11-12,16-17H2,1-4H3,(H,35,38). The van der Waals surface area contributed by atoms with E-state index in [0.717, 1.165) is 76.2 Å². The first kappa shape index (κ1) is 24.3. The molecule has 7 nitrogen and oxygen atoms in total. The maximum Gasteiger partial charge on any atom is 0.252 e. The summed E-state index contributed by atoms with van der Waals surface area (Å²) in [4.78, 5) is 28.3. The average molecular weight is 522 g/mol. The van der Waals surface area contributed by atoms with Gasteiger partial charge in [-0.25, -0.2) is 4.98 Å². The van der Waals surface area contributed by atoms with Gasteiger partial charge in [-0.3, -0.25) is 14.7 Å².